The van der Waals surface area contributed by atoms with Gasteiger partial charge in [-0.25, -0.2) is 4.79 Å². The van der Waals surface area contributed by atoms with Crippen molar-refractivity contribution in [1.29, 1.82) is 0 Å². The zero-order valence-corrected chi connectivity index (χ0v) is 18.4. The lowest BCUT2D eigenvalue weighted by Gasteiger charge is -2.29. The minimum atomic E-state index is -0.809. The zero-order valence-electron chi connectivity index (χ0n) is 16.8. The number of aliphatic hydroxyl groups excluding tert-OH is 1. The molecule has 0 aromatic heterocycles. The number of nitrogens with one attached hydrogen (secondary N) is 1. The van der Waals surface area contributed by atoms with Crippen LogP contribution in [0.25, 0.3) is 11.1 Å². The van der Waals surface area contributed by atoms with Crippen molar-refractivity contribution in [2.24, 2.45) is 0 Å². The fraction of sp³-hybridized carbons (Fsp3) is 0.240. The number of hydrogen-bond acceptors (Lipinski definition) is 3. The Morgan fingerprint density at radius 3 is 2.13 bits per heavy atom. The maximum Gasteiger partial charge on any atom is 0.407 e. The van der Waals surface area contributed by atoms with E-state index in [-0.39, 0.29) is 19.1 Å². The number of benzene rings is 3. The normalized spacial score (nSPS) is 14.5. The average Bonchev–Trinajstić information content (AvgIpc) is 3.08. The molecule has 154 valence electrons. The number of amides is 1. The molecule has 1 amide bonds. The Kier molecular flexibility index (Phi) is 5.93. The van der Waals surface area contributed by atoms with Crippen molar-refractivity contribution < 1.29 is 14.6 Å². The lowest BCUT2D eigenvalue weighted by atomic mass is 9.94. The Labute approximate surface area is 185 Å². The summed E-state index contributed by atoms with van der Waals surface area (Å²) in [7, 11) is 0. The van der Waals surface area contributed by atoms with Crippen LogP contribution in [0.1, 0.15) is 29.5 Å². The Hall–Kier alpha value is -2.63. The lowest BCUT2D eigenvalue weighted by Crippen LogP contribution is -2.51. The van der Waals surface area contributed by atoms with Gasteiger partial charge in [0.1, 0.15) is 6.61 Å². The van der Waals surface area contributed by atoms with Crippen molar-refractivity contribution in [3.05, 3.63) is 94.0 Å². The van der Waals surface area contributed by atoms with Crippen LogP contribution in [0.5, 0.6) is 0 Å². The number of alkyl carbamates (subject to hydrolysis) is 1. The molecule has 0 heterocycles. The number of carbonyl (C=O) groups is 1. The quantitative estimate of drug-likeness (QED) is 0.520. The largest absolute Gasteiger partial charge is 0.449 e. The highest BCUT2D eigenvalue weighted by Crippen LogP contribution is 2.44. The Morgan fingerprint density at radius 2 is 1.57 bits per heavy atom. The lowest BCUT2D eigenvalue weighted by molar-refractivity contribution is 0.114. The molecule has 1 aliphatic carbocycles. The second-order valence-electron chi connectivity index (χ2n) is 7.97. The minimum absolute atomic E-state index is 0.00926. The van der Waals surface area contributed by atoms with Crippen molar-refractivity contribution in [3.63, 3.8) is 0 Å². The predicted octanol–water partition coefficient (Wildman–Crippen LogP) is 5.28. The number of carbonyl (C=O) groups excluding carboxylic acids is 1. The highest BCUT2D eigenvalue weighted by molar-refractivity contribution is 9.10. The van der Waals surface area contributed by atoms with Gasteiger partial charge in [0, 0.05) is 10.4 Å². The maximum absolute atomic E-state index is 12.6. The van der Waals surface area contributed by atoms with E-state index in [9.17, 15) is 9.90 Å². The van der Waals surface area contributed by atoms with Crippen LogP contribution in [0.15, 0.2) is 77.3 Å². The smallest absolute Gasteiger partial charge is 0.407 e. The van der Waals surface area contributed by atoms with E-state index < -0.39 is 11.6 Å². The molecule has 3 aromatic carbocycles. The number of hydrogen-bond donors (Lipinski definition) is 2. The van der Waals surface area contributed by atoms with Gasteiger partial charge in [-0.05, 0) is 53.3 Å². The number of aliphatic hydroxyl groups is 1. The first-order chi connectivity index (χ1) is 14.5. The average molecular weight is 466 g/mol. The van der Waals surface area contributed by atoms with E-state index in [0.29, 0.717) is 6.42 Å². The Morgan fingerprint density at radius 1 is 1.00 bits per heavy atom. The summed E-state index contributed by atoms with van der Waals surface area (Å²) in [5.41, 5.74) is 4.94. The Bertz CT molecular complexity index is 1000. The number of rotatable bonds is 6. The van der Waals surface area contributed by atoms with Gasteiger partial charge in [-0.2, -0.15) is 0 Å². The topological polar surface area (TPSA) is 58.6 Å². The molecule has 0 radical (unpaired) electrons. The zero-order chi connectivity index (χ0) is 21.1. The third-order valence-electron chi connectivity index (χ3n) is 5.60. The van der Waals surface area contributed by atoms with Crippen LogP contribution < -0.4 is 5.32 Å². The van der Waals surface area contributed by atoms with Crippen LogP contribution in [-0.4, -0.2) is 30.0 Å². The van der Waals surface area contributed by atoms with Crippen LogP contribution in [0.3, 0.4) is 0 Å². The highest BCUT2D eigenvalue weighted by atomic mass is 79.9. The van der Waals surface area contributed by atoms with Crippen LogP contribution in [0, 0.1) is 0 Å². The molecule has 1 aliphatic rings. The monoisotopic (exact) mass is 465 g/mol. The van der Waals surface area contributed by atoms with E-state index in [1.807, 2.05) is 55.5 Å². The van der Waals surface area contributed by atoms with Gasteiger partial charge in [0.05, 0.1) is 12.1 Å². The van der Waals surface area contributed by atoms with Crippen LogP contribution in [0.2, 0.25) is 0 Å². The van der Waals surface area contributed by atoms with Gasteiger partial charge in [0.2, 0.25) is 0 Å². The fourth-order valence-corrected chi connectivity index (χ4v) is 4.34. The summed E-state index contributed by atoms with van der Waals surface area (Å²) < 4.78 is 6.61. The SMILES string of the molecule is CC(CO)(Cc1ccc(Br)cc1)NC(=O)OCC1c2ccccc2-c2ccccc21. The van der Waals surface area contributed by atoms with Crippen molar-refractivity contribution in [3.8, 4) is 11.1 Å². The van der Waals surface area contributed by atoms with E-state index in [1.165, 1.54) is 22.3 Å². The third kappa shape index (κ3) is 4.27. The second-order valence-corrected chi connectivity index (χ2v) is 8.89. The summed E-state index contributed by atoms with van der Waals surface area (Å²) in [5, 5.41) is 12.8. The maximum atomic E-state index is 12.6. The van der Waals surface area contributed by atoms with E-state index in [2.05, 4.69) is 45.5 Å². The molecule has 1 unspecified atom stereocenters. The first-order valence-corrected chi connectivity index (χ1v) is 10.8. The standard InChI is InChI=1S/C25H24BrNO3/c1-25(16-28,14-17-10-12-18(26)13-11-17)27-24(29)30-15-23-21-8-4-2-6-19(21)20-7-3-5-9-22(20)23/h2-13,23,28H,14-16H2,1H3,(H,27,29). The van der Waals surface area contributed by atoms with Crippen molar-refractivity contribution in [2.75, 3.05) is 13.2 Å². The summed E-state index contributed by atoms with van der Waals surface area (Å²) in [4.78, 5) is 12.6. The molecule has 0 bridgehead atoms. The molecule has 0 saturated heterocycles. The van der Waals surface area contributed by atoms with Crippen LogP contribution >= 0.6 is 15.9 Å². The van der Waals surface area contributed by atoms with Gasteiger partial charge in [-0.15, -0.1) is 0 Å². The van der Waals surface area contributed by atoms with E-state index >= 15 is 0 Å². The molecular formula is C25H24BrNO3. The minimum Gasteiger partial charge on any atom is -0.449 e. The van der Waals surface area contributed by atoms with Gasteiger partial charge < -0.3 is 15.2 Å². The van der Waals surface area contributed by atoms with Gasteiger partial charge in [0.25, 0.3) is 0 Å². The molecule has 1 atom stereocenters. The fourth-order valence-electron chi connectivity index (χ4n) is 4.07. The van der Waals surface area contributed by atoms with E-state index in [1.54, 1.807) is 0 Å². The van der Waals surface area contributed by atoms with Crippen LogP contribution in [0.4, 0.5) is 4.79 Å². The first kappa shape index (κ1) is 20.6. The summed E-state index contributed by atoms with van der Waals surface area (Å²) in [5.74, 6) is 0.00926. The summed E-state index contributed by atoms with van der Waals surface area (Å²) >= 11 is 3.42. The molecule has 5 heteroatoms. The molecule has 2 N–H and O–H groups in total. The molecule has 3 aromatic rings. The van der Waals surface area contributed by atoms with E-state index in [0.717, 1.165) is 10.0 Å². The summed E-state index contributed by atoms with van der Waals surface area (Å²) in [6.07, 6.45) is -0.0217. The van der Waals surface area contributed by atoms with Crippen LogP contribution in [-0.2, 0) is 11.2 Å². The molecule has 4 rings (SSSR count). The number of fused-ring (bicyclic) bond motifs is 3. The first-order valence-electron chi connectivity index (χ1n) is 9.97. The van der Waals surface area contributed by atoms with Gasteiger partial charge >= 0.3 is 6.09 Å². The highest BCUT2D eigenvalue weighted by Gasteiger charge is 2.31. The molecular weight excluding hydrogens is 442 g/mol. The van der Waals surface area contributed by atoms with Crippen molar-refractivity contribution in [1.82, 2.24) is 5.32 Å². The van der Waals surface area contributed by atoms with Gasteiger partial charge in [0.15, 0.2) is 0 Å². The second kappa shape index (κ2) is 8.62. The summed E-state index contributed by atoms with van der Waals surface area (Å²) in [6, 6.07) is 24.3. The number of halogens is 1. The molecule has 4 nitrogen and oxygen atoms in total. The molecule has 0 aliphatic heterocycles. The summed E-state index contributed by atoms with van der Waals surface area (Å²) in [6.45, 7) is 1.88. The van der Waals surface area contributed by atoms with Gasteiger partial charge in [-0.3, -0.25) is 0 Å². The van der Waals surface area contributed by atoms with Crippen molar-refractivity contribution >= 4 is 22.0 Å². The Balaban J connectivity index is 1.43. The molecule has 0 saturated carbocycles. The van der Waals surface area contributed by atoms with Gasteiger partial charge in [-0.1, -0.05) is 76.6 Å². The molecule has 30 heavy (non-hydrogen) atoms. The number of ether oxygens (including phenoxy) is 1. The van der Waals surface area contributed by atoms with Crippen molar-refractivity contribution in [2.45, 2.75) is 24.8 Å². The van der Waals surface area contributed by atoms with E-state index in [4.69, 9.17) is 4.74 Å². The third-order valence-corrected chi connectivity index (χ3v) is 6.13. The molecule has 0 fully saturated rings. The predicted molar refractivity (Wildman–Crippen MR) is 122 cm³/mol. The molecule has 0 spiro atoms.